The Hall–Kier alpha value is -1.67. The molecular formula is C9H9ClN2O5S. The van der Waals surface area contributed by atoms with E-state index in [9.17, 15) is 23.3 Å². The fourth-order valence-electron chi connectivity index (χ4n) is 1.43. The van der Waals surface area contributed by atoms with Gasteiger partial charge in [0.05, 0.1) is 9.82 Å². The normalized spacial score (nSPS) is 11.1. The highest BCUT2D eigenvalue weighted by molar-refractivity contribution is 8.13. The summed E-state index contributed by atoms with van der Waals surface area (Å²) in [5.41, 5.74) is -0.546. The molecule has 1 N–H and O–H groups in total. The molecule has 0 aromatic heterocycles. The molecule has 0 bridgehead atoms. The fraction of sp³-hybridized carbons (Fsp3) is 0.222. The quantitative estimate of drug-likeness (QED) is 0.519. The lowest BCUT2D eigenvalue weighted by atomic mass is 10.1. The molecule has 1 aromatic carbocycles. The number of rotatable bonds is 3. The van der Waals surface area contributed by atoms with Crippen LogP contribution >= 0.6 is 10.7 Å². The van der Waals surface area contributed by atoms with Gasteiger partial charge in [0, 0.05) is 23.7 Å². The summed E-state index contributed by atoms with van der Waals surface area (Å²) in [6.45, 7) is 2.48. The molecule has 1 aromatic rings. The van der Waals surface area contributed by atoms with Crippen molar-refractivity contribution < 1.29 is 18.1 Å². The number of nitro groups is 1. The second kappa shape index (κ2) is 4.91. The third-order valence-corrected chi connectivity index (χ3v) is 3.62. The predicted molar refractivity (Wildman–Crippen MR) is 65.2 cm³/mol. The first-order chi connectivity index (χ1) is 8.14. The zero-order valence-electron chi connectivity index (χ0n) is 9.43. The molecule has 0 heterocycles. The van der Waals surface area contributed by atoms with Crippen LogP contribution in [-0.4, -0.2) is 19.2 Å². The standard InChI is InChI=1S/C9H9ClN2O5S/c1-5-8(18(10,16)17)4-3-7(12(14)15)9(5)11-6(2)13/h3-4H,1-2H3,(H,11,13). The van der Waals surface area contributed by atoms with Gasteiger partial charge in [0.25, 0.3) is 14.7 Å². The second-order valence-electron chi connectivity index (χ2n) is 3.46. The van der Waals surface area contributed by atoms with Crippen molar-refractivity contribution in [2.24, 2.45) is 0 Å². The third-order valence-electron chi connectivity index (χ3n) is 2.15. The van der Waals surface area contributed by atoms with Gasteiger partial charge in [-0.1, -0.05) is 0 Å². The van der Waals surface area contributed by atoms with Crippen molar-refractivity contribution >= 4 is 37.0 Å². The monoisotopic (exact) mass is 292 g/mol. The van der Waals surface area contributed by atoms with Crippen molar-refractivity contribution in [3.05, 3.63) is 27.8 Å². The van der Waals surface area contributed by atoms with E-state index in [0.717, 1.165) is 19.1 Å². The van der Waals surface area contributed by atoms with Gasteiger partial charge in [-0.3, -0.25) is 14.9 Å². The average Bonchev–Trinajstić information content (AvgIpc) is 2.17. The molecule has 0 aliphatic heterocycles. The average molecular weight is 293 g/mol. The van der Waals surface area contributed by atoms with Crippen LogP contribution in [0.4, 0.5) is 11.4 Å². The van der Waals surface area contributed by atoms with Gasteiger partial charge in [0.1, 0.15) is 5.69 Å². The summed E-state index contributed by atoms with van der Waals surface area (Å²) in [6.07, 6.45) is 0. The molecule has 0 atom stereocenters. The van der Waals surface area contributed by atoms with E-state index in [1.165, 1.54) is 6.92 Å². The van der Waals surface area contributed by atoms with E-state index in [1.807, 2.05) is 0 Å². The van der Waals surface area contributed by atoms with Crippen molar-refractivity contribution in [2.45, 2.75) is 18.7 Å². The van der Waals surface area contributed by atoms with Crippen LogP contribution in [0.5, 0.6) is 0 Å². The molecule has 98 valence electrons. The van der Waals surface area contributed by atoms with E-state index in [2.05, 4.69) is 5.32 Å². The zero-order valence-corrected chi connectivity index (χ0v) is 11.0. The summed E-state index contributed by atoms with van der Waals surface area (Å²) < 4.78 is 22.5. The zero-order chi connectivity index (χ0) is 14.1. The van der Waals surface area contributed by atoms with Gasteiger partial charge in [0.2, 0.25) is 5.91 Å². The Bertz CT molecular complexity index is 626. The summed E-state index contributed by atoms with van der Waals surface area (Å²) in [5, 5.41) is 13.0. The summed E-state index contributed by atoms with van der Waals surface area (Å²) in [4.78, 5) is 20.8. The first-order valence-electron chi connectivity index (χ1n) is 4.65. The number of nitrogens with zero attached hydrogens (tertiary/aromatic N) is 1. The van der Waals surface area contributed by atoms with Crippen LogP contribution in [0.1, 0.15) is 12.5 Å². The third kappa shape index (κ3) is 2.96. The molecule has 18 heavy (non-hydrogen) atoms. The van der Waals surface area contributed by atoms with Gasteiger partial charge < -0.3 is 5.32 Å². The number of nitrogens with one attached hydrogen (secondary N) is 1. The molecule has 0 spiro atoms. The number of amides is 1. The van der Waals surface area contributed by atoms with E-state index in [1.54, 1.807) is 0 Å². The maximum absolute atomic E-state index is 11.3. The second-order valence-corrected chi connectivity index (χ2v) is 5.99. The number of nitro benzene ring substituents is 1. The highest BCUT2D eigenvalue weighted by Gasteiger charge is 2.24. The Morgan fingerprint density at radius 3 is 2.39 bits per heavy atom. The number of anilines is 1. The molecule has 1 rings (SSSR count). The largest absolute Gasteiger partial charge is 0.320 e. The Labute approximate surface area is 107 Å². The SMILES string of the molecule is CC(=O)Nc1c([N+](=O)[O-])ccc(S(=O)(=O)Cl)c1C. The minimum absolute atomic E-state index is 0.0226. The van der Waals surface area contributed by atoms with E-state index in [4.69, 9.17) is 10.7 Å². The summed E-state index contributed by atoms with van der Waals surface area (Å²) in [5.74, 6) is -0.551. The molecule has 0 unspecified atom stereocenters. The first kappa shape index (κ1) is 14.4. The summed E-state index contributed by atoms with van der Waals surface area (Å²) in [6, 6.07) is 2.01. The van der Waals surface area contributed by atoms with Crippen LogP contribution in [0.15, 0.2) is 17.0 Å². The minimum atomic E-state index is -4.04. The van der Waals surface area contributed by atoms with Crippen molar-refractivity contribution in [3.63, 3.8) is 0 Å². The van der Waals surface area contributed by atoms with Crippen LogP contribution in [-0.2, 0) is 13.8 Å². The van der Waals surface area contributed by atoms with E-state index >= 15 is 0 Å². The maximum Gasteiger partial charge on any atom is 0.293 e. The van der Waals surface area contributed by atoms with Crippen LogP contribution in [0.2, 0.25) is 0 Å². The van der Waals surface area contributed by atoms with E-state index in [-0.39, 0.29) is 16.1 Å². The van der Waals surface area contributed by atoms with Crippen molar-refractivity contribution in [1.29, 1.82) is 0 Å². The van der Waals surface area contributed by atoms with Crippen molar-refractivity contribution in [3.8, 4) is 0 Å². The van der Waals surface area contributed by atoms with Crippen molar-refractivity contribution in [2.75, 3.05) is 5.32 Å². The molecule has 0 aliphatic rings. The number of hydrogen-bond acceptors (Lipinski definition) is 5. The van der Waals surface area contributed by atoms with Gasteiger partial charge in [-0.05, 0) is 18.6 Å². The first-order valence-corrected chi connectivity index (χ1v) is 6.95. The number of halogens is 1. The summed E-state index contributed by atoms with van der Waals surface area (Å²) >= 11 is 0. The molecule has 9 heteroatoms. The highest BCUT2D eigenvalue weighted by Crippen LogP contribution is 2.33. The number of benzene rings is 1. The Balaban J connectivity index is 3.60. The van der Waals surface area contributed by atoms with E-state index < -0.39 is 25.6 Å². The van der Waals surface area contributed by atoms with Crippen LogP contribution in [0, 0.1) is 17.0 Å². The number of carbonyl (C=O) groups is 1. The van der Waals surface area contributed by atoms with Gasteiger partial charge in [-0.15, -0.1) is 0 Å². The van der Waals surface area contributed by atoms with Crippen molar-refractivity contribution in [1.82, 2.24) is 0 Å². The Kier molecular flexibility index (Phi) is 3.92. The molecule has 0 aliphatic carbocycles. The van der Waals surface area contributed by atoms with Crippen LogP contribution in [0.3, 0.4) is 0 Å². The summed E-state index contributed by atoms with van der Waals surface area (Å²) in [7, 11) is 1.16. The molecule has 0 saturated carbocycles. The predicted octanol–water partition coefficient (Wildman–Crippen LogP) is 1.79. The maximum atomic E-state index is 11.3. The lowest BCUT2D eigenvalue weighted by Crippen LogP contribution is -2.11. The van der Waals surface area contributed by atoms with Gasteiger partial charge in [-0.25, -0.2) is 8.42 Å². The highest BCUT2D eigenvalue weighted by atomic mass is 35.7. The number of hydrogen-bond donors (Lipinski definition) is 1. The van der Waals surface area contributed by atoms with Gasteiger partial charge >= 0.3 is 0 Å². The van der Waals surface area contributed by atoms with Gasteiger partial charge in [-0.2, -0.15) is 0 Å². The molecule has 0 radical (unpaired) electrons. The topological polar surface area (TPSA) is 106 Å². The van der Waals surface area contributed by atoms with Gasteiger partial charge in [0.15, 0.2) is 0 Å². The van der Waals surface area contributed by atoms with E-state index in [0.29, 0.717) is 0 Å². The smallest absolute Gasteiger partial charge is 0.293 e. The molecule has 0 saturated heterocycles. The molecule has 0 fully saturated rings. The van der Waals surface area contributed by atoms with Crippen LogP contribution < -0.4 is 5.32 Å². The lowest BCUT2D eigenvalue weighted by molar-refractivity contribution is -0.384. The Morgan fingerprint density at radius 2 is 2.00 bits per heavy atom. The molecule has 7 nitrogen and oxygen atoms in total. The molecular weight excluding hydrogens is 284 g/mol. The lowest BCUT2D eigenvalue weighted by Gasteiger charge is -2.10. The minimum Gasteiger partial charge on any atom is -0.320 e. The molecule has 1 amide bonds. The van der Waals surface area contributed by atoms with Crippen LogP contribution in [0.25, 0.3) is 0 Å². The number of carbonyl (C=O) groups excluding carboxylic acids is 1. The Morgan fingerprint density at radius 1 is 1.44 bits per heavy atom. The fourth-order valence-corrected chi connectivity index (χ4v) is 2.63.